The minimum absolute atomic E-state index is 0.00390. The summed E-state index contributed by atoms with van der Waals surface area (Å²) in [6.07, 6.45) is 4.38. The van der Waals surface area contributed by atoms with Crippen molar-refractivity contribution in [3.63, 3.8) is 0 Å². The van der Waals surface area contributed by atoms with Gasteiger partial charge in [-0.15, -0.1) is 0 Å². The van der Waals surface area contributed by atoms with Crippen LogP contribution in [0.3, 0.4) is 0 Å². The van der Waals surface area contributed by atoms with Crippen molar-refractivity contribution in [2.75, 3.05) is 20.1 Å². The number of nitrogens with one attached hydrogen (secondary N) is 1. The maximum Gasteiger partial charge on any atom is 0.233 e. The molecule has 3 N–H and O–H groups in total. The molecule has 1 aromatic heterocycles. The molecule has 2 unspecified atom stereocenters. The van der Waals surface area contributed by atoms with Gasteiger partial charge in [0, 0.05) is 25.5 Å². The maximum atomic E-state index is 11.6. The van der Waals surface area contributed by atoms with Crippen molar-refractivity contribution in [1.29, 1.82) is 0 Å². The Morgan fingerprint density at radius 1 is 1.42 bits per heavy atom. The molecule has 0 spiro atoms. The van der Waals surface area contributed by atoms with Crippen molar-refractivity contribution in [2.24, 2.45) is 5.73 Å². The Kier molecular flexibility index (Phi) is 6.45. The summed E-state index contributed by atoms with van der Waals surface area (Å²) in [5, 5.41) is 2.66. The first-order valence-electron chi connectivity index (χ1n) is 6.74. The molecule has 0 fully saturated rings. The van der Waals surface area contributed by atoms with Gasteiger partial charge in [-0.05, 0) is 30.7 Å². The van der Waals surface area contributed by atoms with Gasteiger partial charge in [0.15, 0.2) is 0 Å². The van der Waals surface area contributed by atoms with Gasteiger partial charge in [-0.2, -0.15) is 0 Å². The fourth-order valence-electron chi connectivity index (χ4n) is 2.18. The molecule has 0 aliphatic carbocycles. The monoisotopic (exact) mass is 264 g/mol. The molecule has 0 saturated carbocycles. The van der Waals surface area contributed by atoms with E-state index in [2.05, 4.69) is 22.1 Å². The van der Waals surface area contributed by atoms with Gasteiger partial charge in [0.25, 0.3) is 0 Å². The Hall–Kier alpha value is -1.46. The number of aromatic nitrogens is 1. The van der Waals surface area contributed by atoms with Crippen molar-refractivity contribution in [3.05, 3.63) is 30.1 Å². The lowest BCUT2D eigenvalue weighted by molar-refractivity contribution is -0.122. The van der Waals surface area contributed by atoms with Gasteiger partial charge in [0.1, 0.15) is 0 Å². The predicted molar refractivity (Wildman–Crippen MR) is 76.6 cm³/mol. The highest BCUT2D eigenvalue weighted by atomic mass is 16.1. The normalized spacial score (nSPS) is 14.2. The quantitative estimate of drug-likeness (QED) is 0.768. The highest BCUT2D eigenvalue weighted by molar-refractivity contribution is 5.77. The van der Waals surface area contributed by atoms with Crippen LogP contribution in [0.25, 0.3) is 0 Å². The van der Waals surface area contributed by atoms with Crippen LogP contribution in [0, 0.1) is 0 Å². The van der Waals surface area contributed by atoms with Crippen molar-refractivity contribution in [2.45, 2.75) is 32.4 Å². The van der Waals surface area contributed by atoms with Crippen molar-refractivity contribution >= 4 is 5.91 Å². The molecule has 19 heavy (non-hydrogen) atoms. The van der Waals surface area contributed by atoms with Crippen molar-refractivity contribution < 1.29 is 4.79 Å². The summed E-state index contributed by atoms with van der Waals surface area (Å²) in [7, 11) is 1.65. The van der Waals surface area contributed by atoms with E-state index in [1.54, 1.807) is 19.4 Å². The van der Waals surface area contributed by atoms with E-state index in [1.807, 2.05) is 19.1 Å². The third-order valence-electron chi connectivity index (χ3n) is 3.35. The Bertz CT molecular complexity index is 382. The van der Waals surface area contributed by atoms with E-state index in [-0.39, 0.29) is 18.0 Å². The Balaban J connectivity index is 2.98. The highest BCUT2D eigenvalue weighted by Crippen LogP contribution is 2.24. The summed E-state index contributed by atoms with van der Waals surface area (Å²) in [5.74, 6) is 0.00390. The standard InChI is InChI=1S/C14H24N4O/c1-4-12(15)14(11-6-8-17-9-7-11)18(5-2)10-13(19)16-3/h6-9,12,14H,4-5,10,15H2,1-3H3,(H,16,19). The first-order chi connectivity index (χ1) is 9.13. The molecule has 1 heterocycles. The second-order valence-corrected chi connectivity index (χ2v) is 4.53. The molecule has 0 aliphatic heterocycles. The number of hydrogen-bond acceptors (Lipinski definition) is 4. The number of pyridine rings is 1. The van der Waals surface area contributed by atoms with E-state index in [0.717, 1.165) is 18.5 Å². The van der Waals surface area contributed by atoms with E-state index in [0.29, 0.717) is 6.54 Å². The maximum absolute atomic E-state index is 11.6. The van der Waals surface area contributed by atoms with Gasteiger partial charge in [-0.3, -0.25) is 14.7 Å². The lowest BCUT2D eigenvalue weighted by Crippen LogP contribution is -2.45. The smallest absolute Gasteiger partial charge is 0.233 e. The van der Waals surface area contributed by atoms with E-state index in [1.165, 1.54) is 0 Å². The zero-order valence-electron chi connectivity index (χ0n) is 12.0. The molecule has 0 saturated heterocycles. The number of nitrogens with zero attached hydrogens (tertiary/aromatic N) is 2. The fourth-order valence-corrected chi connectivity index (χ4v) is 2.18. The van der Waals surface area contributed by atoms with Crippen LogP contribution in [0.5, 0.6) is 0 Å². The average Bonchev–Trinajstić information content (AvgIpc) is 2.46. The van der Waals surface area contributed by atoms with Gasteiger partial charge in [-0.25, -0.2) is 0 Å². The zero-order valence-corrected chi connectivity index (χ0v) is 12.0. The summed E-state index contributed by atoms with van der Waals surface area (Å²) in [6, 6.07) is 3.96. The number of nitrogens with two attached hydrogens (primary N) is 1. The predicted octanol–water partition coefficient (Wildman–Crippen LogP) is 0.928. The van der Waals surface area contributed by atoms with Crippen LogP contribution in [0.15, 0.2) is 24.5 Å². The lowest BCUT2D eigenvalue weighted by atomic mass is 9.97. The molecule has 0 aromatic carbocycles. The third kappa shape index (κ3) is 4.29. The van der Waals surface area contributed by atoms with Gasteiger partial charge in [0.05, 0.1) is 12.6 Å². The van der Waals surface area contributed by atoms with E-state index < -0.39 is 0 Å². The number of likely N-dealkylation sites (N-methyl/N-ethyl adjacent to an activating group) is 2. The minimum Gasteiger partial charge on any atom is -0.358 e. The Morgan fingerprint density at radius 3 is 2.53 bits per heavy atom. The number of rotatable bonds is 7. The topological polar surface area (TPSA) is 71.2 Å². The molecular formula is C14H24N4O. The van der Waals surface area contributed by atoms with Gasteiger partial charge < -0.3 is 11.1 Å². The number of carbonyl (C=O) groups excluding carboxylic acids is 1. The molecule has 1 rings (SSSR count). The fraction of sp³-hybridized carbons (Fsp3) is 0.571. The molecule has 0 bridgehead atoms. The Morgan fingerprint density at radius 2 is 2.05 bits per heavy atom. The number of hydrogen-bond donors (Lipinski definition) is 2. The van der Waals surface area contributed by atoms with E-state index in [9.17, 15) is 4.79 Å². The van der Waals surface area contributed by atoms with Crippen LogP contribution in [0.2, 0.25) is 0 Å². The van der Waals surface area contributed by atoms with Gasteiger partial charge in [0.2, 0.25) is 5.91 Å². The van der Waals surface area contributed by atoms with Crippen LogP contribution in [0.1, 0.15) is 31.9 Å². The minimum atomic E-state index is -0.00740. The molecule has 0 radical (unpaired) electrons. The van der Waals surface area contributed by atoms with Crippen molar-refractivity contribution in [3.8, 4) is 0 Å². The molecule has 1 amide bonds. The largest absolute Gasteiger partial charge is 0.358 e. The molecule has 1 aromatic rings. The second-order valence-electron chi connectivity index (χ2n) is 4.53. The highest BCUT2D eigenvalue weighted by Gasteiger charge is 2.25. The molecule has 106 valence electrons. The molecule has 0 aliphatic rings. The molecule has 5 nitrogen and oxygen atoms in total. The lowest BCUT2D eigenvalue weighted by Gasteiger charge is -2.34. The average molecular weight is 264 g/mol. The van der Waals surface area contributed by atoms with Crippen LogP contribution < -0.4 is 11.1 Å². The zero-order chi connectivity index (χ0) is 14.3. The third-order valence-corrected chi connectivity index (χ3v) is 3.35. The van der Waals surface area contributed by atoms with Crippen molar-refractivity contribution in [1.82, 2.24) is 15.2 Å². The second kappa shape index (κ2) is 7.86. The van der Waals surface area contributed by atoms with E-state index >= 15 is 0 Å². The first kappa shape index (κ1) is 15.6. The van der Waals surface area contributed by atoms with Gasteiger partial charge >= 0.3 is 0 Å². The Labute approximate surface area is 115 Å². The summed E-state index contributed by atoms with van der Waals surface area (Å²) < 4.78 is 0. The summed E-state index contributed by atoms with van der Waals surface area (Å²) in [6.45, 7) is 5.23. The van der Waals surface area contributed by atoms with Crippen LogP contribution in [-0.4, -0.2) is 42.0 Å². The van der Waals surface area contributed by atoms with E-state index in [4.69, 9.17) is 5.73 Å². The molecule has 2 atom stereocenters. The number of carbonyl (C=O) groups is 1. The SMILES string of the molecule is CCC(N)C(c1ccncc1)N(CC)CC(=O)NC. The first-order valence-corrected chi connectivity index (χ1v) is 6.74. The summed E-state index contributed by atoms with van der Waals surface area (Å²) in [5.41, 5.74) is 7.36. The summed E-state index contributed by atoms with van der Waals surface area (Å²) >= 11 is 0. The van der Waals surface area contributed by atoms with Crippen LogP contribution in [0.4, 0.5) is 0 Å². The summed E-state index contributed by atoms with van der Waals surface area (Å²) in [4.78, 5) is 17.8. The van der Waals surface area contributed by atoms with Crippen LogP contribution in [-0.2, 0) is 4.79 Å². The molecular weight excluding hydrogens is 240 g/mol. The van der Waals surface area contributed by atoms with Gasteiger partial charge in [-0.1, -0.05) is 13.8 Å². The van der Waals surface area contributed by atoms with Crippen LogP contribution >= 0.6 is 0 Å². The number of amides is 1. The molecule has 5 heteroatoms.